The number of halogens is 2. The first-order chi connectivity index (χ1) is 8.99. The van der Waals surface area contributed by atoms with Crippen molar-refractivity contribution < 1.29 is 14.3 Å². The van der Waals surface area contributed by atoms with Crippen LogP contribution >= 0.6 is 15.9 Å². The van der Waals surface area contributed by atoms with Crippen molar-refractivity contribution in [3.05, 3.63) is 28.5 Å². The van der Waals surface area contributed by atoms with Gasteiger partial charge < -0.3 is 5.11 Å². The van der Waals surface area contributed by atoms with Crippen LogP contribution in [0, 0.1) is 5.82 Å². The summed E-state index contributed by atoms with van der Waals surface area (Å²) in [5.74, 6) is -0.926. The fraction of sp³-hybridized carbons (Fsp3) is 0.273. The molecule has 19 heavy (non-hydrogen) atoms. The van der Waals surface area contributed by atoms with E-state index in [-0.39, 0.29) is 12.2 Å². The third kappa shape index (κ3) is 2.95. The quantitative estimate of drug-likeness (QED) is 0.931. The van der Waals surface area contributed by atoms with Crippen LogP contribution in [0.5, 0.6) is 0 Å². The number of rotatable bonds is 4. The Morgan fingerprint density at radius 1 is 1.58 bits per heavy atom. The minimum Gasteiger partial charge on any atom is -0.481 e. The van der Waals surface area contributed by atoms with Gasteiger partial charge in [-0.2, -0.15) is 0 Å². The maximum absolute atomic E-state index is 13.2. The molecular formula is C11H10BrFN4O2. The molecule has 1 aromatic heterocycles. The van der Waals surface area contributed by atoms with Crippen molar-refractivity contribution in [2.24, 2.45) is 0 Å². The van der Waals surface area contributed by atoms with Gasteiger partial charge in [0.1, 0.15) is 5.82 Å². The highest BCUT2D eigenvalue weighted by Gasteiger charge is 2.17. The number of nitrogens with zero attached hydrogens (tertiary/aromatic N) is 4. The summed E-state index contributed by atoms with van der Waals surface area (Å²) in [6.45, 7) is 1.70. The van der Waals surface area contributed by atoms with Gasteiger partial charge in [-0.15, -0.1) is 5.10 Å². The lowest BCUT2D eigenvalue weighted by Crippen LogP contribution is -2.13. The predicted molar refractivity (Wildman–Crippen MR) is 67.9 cm³/mol. The van der Waals surface area contributed by atoms with E-state index in [1.54, 1.807) is 13.0 Å². The Bertz CT molecular complexity index is 616. The van der Waals surface area contributed by atoms with Crippen LogP contribution in [0.1, 0.15) is 19.4 Å². The second-order valence-corrected chi connectivity index (χ2v) is 4.88. The molecule has 100 valence electrons. The minimum atomic E-state index is -0.936. The lowest BCUT2D eigenvalue weighted by molar-refractivity contribution is -0.137. The van der Waals surface area contributed by atoms with E-state index in [0.717, 1.165) is 0 Å². The average Bonchev–Trinajstić information content (AvgIpc) is 2.81. The van der Waals surface area contributed by atoms with Gasteiger partial charge in [0.15, 0.2) is 5.82 Å². The van der Waals surface area contributed by atoms with Gasteiger partial charge in [-0.1, -0.05) is 0 Å². The van der Waals surface area contributed by atoms with Gasteiger partial charge in [0.2, 0.25) is 0 Å². The summed E-state index contributed by atoms with van der Waals surface area (Å²) in [7, 11) is 0. The van der Waals surface area contributed by atoms with E-state index in [2.05, 4.69) is 31.5 Å². The summed E-state index contributed by atoms with van der Waals surface area (Å²) in [4.78, 5) is 10.7. The van der Waals surface area contributed by atoms with Crippen LogP contribution in [0.15, 0.2) is 22.7 Å². The molecule has 2 aromatic rings. The third-order valence-corrected chi connectivity index (χ3v) is 3.17. The molecule has 0 aliphatic rings. The van der Waals surface area contributed by atoms with E-state index in [1.807, 2.05) is 0 Å². The Morgan fingerprint density at radius 2 is 2.32 bits per heavy atom. The van der Waals surface area contributed by atoms with Gasteiger partial charge in [0.25, 0.3) is 0 Å². The fourth-order valence-corrected chi connectivity index (χ4v) is 2.03. The molecule has 1 heterocycles. The first-order valence-electron chi connectivity index (χ1n) is 5.44. The van der Waals surface area contributed by atoms with Crippen molar-refractivity contribution >= 4 is 21.9 Å². The van der Waals surface area contributed by atoms with E-state index in [4.69, 9.17) is 5.11 Å². The fourth-order valence-electron chi connectivity index (χ4n) is 1.65. The van der Waals surface area contributed by atoms with Crippen molar-refractivity contribution in [3.8, 4) is 11.4 Å². The number of carbonyl (C=O) groups is 1. The first kappa shape index (κ1) is 13.6. The van der Waals surface area contributed by atoms with E-state index < -0.39 is 12.0 Å². The molecule has 0 aliphatic carbocycles. The van der Waals surface area contributed by atoms with Gasteiger partial charge in [-0.05, 0) is 51.5 Å². The number of carboxylic acids is 1. The van der Waals surface area contributed by atoms with Crippen LogP contribution in [-0.2, 0) is 4.79 Å². The molecule has 0 spiro atoms. The van der Waals surface area contributed by atoms with Crippen molar-refractivity contribution in [1.29, 1.82) is 0 Å². The normalized spacial score (nSPS) is 12.4. The van der Waals surface area contributed by atoms with Crippen molar-refractivity contribution in [2.75, 3.05) is 0 Å². The number of aliphatic carboxylic acids is 1. The van der Waals surface area contributed by atoms with Crippen molar-refractivity contribution in [3.63, 3.8) is 0 Å². The highest BCUT2D eigenvalue weighted by atomic mass is 79.9. The zero-order valence-corrected chi connectivity index (χ0v) is 11.5. The molecule has 0 saturated carbocycles. The zero-order chi connectivity index (χ0) is 14.0. The van der Waals surface area contributed by atoms with E-state index in [9.17, 15) is 9.18 Å². The minimum absolute atomic E-state index is 0.0968. The second kappa shape index (κ2) is 5.43. The van der Waals surface area contributed by atoms with Crippen LogP contribution < -0.4 is 0 Å². The lowest BCUT2D eigenvalue weighted by atomic mass is 10.2. The van der Waals surface area contributed by atoms with Gasteiger partial charge in [-0.25, -0.2) is 9.07 Å². The molecule has 0 aliphatic heterocycles. The Balaban J connectivity index is 2.38. The SMILES string of the molecule is CC(CC(=O)O)n1nnnc1-c1ccc(F)c(Br)c1. The molecule has 0 radical (unpaired) electrons. The highest BCUT2D eigenvalue weighted by molar-refractivity contribution is 9.10. The number of carboxylic acid groups (broad SMARTS) is 1. The number of hydrogen-bond donors (Lipinski definition) is 1. The molecule has 6 nitrogen and oxygen atoms in total. The van der Waals surface area contributed by atoms with Crippen LogP contribution in [-0.4, -0.2) is 31.3 Å². The number of benzene rings is 1. The van der Waals surface area contributed by atoms with E-state index >= 15 is 0 Å². The standard InChI is InChI=1S/C11H10BrFN4O2/c1-6(4-10(18)19)17-11(14-15-16-17)7-2-3-9(13)8(12)5-7/h2-3,5-6H,4H2,1H3,(H,18,19). The summed E-state index contributed by atoms with van der Waals surface area (Å²) >= 11 is 3.09. The Kier molecular flexibility index (Phi) is 3.89. The number of hydrogen-bond acceptors (Lipinski definition) is 4. The lowest BCUT2D eigenvalue weighted by Gasteiger charge is -2.11. The molecule has 2 rings (SSSR count). The molecule has 0 amide bonds. The van der Waals surface area contributed by atoms with Crippen LogP contribution in [0.4, 0.5) is 4.39 Å². The van der Waals surface area contributed by atoms with Crippen LogP contribution in [0.25, 0.3) is 11.4 Å². The maximum atomic E-state index is 13.2. The summed E-state index contributed by atoms with van der Waals surface area (Å²) in [5, 5.41) is 20.0. The summed E-state index contributed by atoms with van der Waals surface area (Å²) in [5.41, 5.74) is 0.607. The smallest absolute Gasteiger partial charge is 0.305 e. The van der Waals surface area contributed by atoms with Gasteiger partial charge in [0, 0.05) is 5.56 Å². The van der Waals surface area contributed by atoms with Gasteiger partial charge in [0.05, 0.1) is 16.9 Å². The summed E-state index contributed by atoms with van der Waals surface area (Å²) in [6.07, 6.45) is -0.0968. The molecule has 1 unspecified atom stereocenters. The highest BCUT2D eigenvalue weighted by Crippen LogP contribution is 2.25. The Hall–Kier alpha value is -1.83. The predicted octanol–water partition coefficient (Wildman–Crippen LogP) is 2.28. The first-order valence-corrected chi connectivity index (χ1v) is 6.23. The number of tetrazole rings is 1. The third-order valence-electron chi connectivity index (χ3n) is 2.56. The molecule has 0 bridgehead atoms. The van der Waals surface area contributed by atoms with Gasteiger partial charge in [-0.3, -0.25) is 4.79 Å². The molecule has 8 heteroatoms. The summed E-state index contributed by atoms with van der Waals surface area (Å²) in [6, 6.07) is 3.98. The van der Waals surface area contributed by atoms with E-state index in [0.29, 0.717) is 15.9 Å². The van der Waals surface area contributed by atoms with Crippen LogP contribution in [0.2, 0.25) is 0 Å². The van der Waals surface area contributed by atoms with Crippen molar-refractivity contribution in [2.45, 2.75) is 19.4 Å². The van der Waals surface area contributed by atoms with E-state index in [1.165, 1.54) is 16.8 Å². The molecule has 1 N–H and O–H groups in total. The topological polar surface area (TPSA) is 80.9 Å². The monoisotopic (exact) mass is 328 g/mol. The number of aromatic nitrogens is 4. The average molecular weight is 329 g/mol. The molecule has 1 aromatic carbocycles. The van der Waals surface area contributed by atoms with Crippen LogP contribution in [0.3, 0.4) is 0 Å². The molecular weight excluding hydrogens is 319 g/mol. The zero-order valence-electron chi connectivity index (χ0n) is 9.92. The Labute approximate surface area is 116 Å². The maximum Gasteiger partial charge on any atom is 0.305 e. The van der Waals surface area contributed by atoms with Crippen molar-refractivity contribution in [1.82, 2.24) is 20.2 Å². The largest absolute Gasteiger partial charge is 0.481 e. The van der Waals surface area contributed by atoms with Gasteiger partial charge >= 0.3 is 5.97 Å². The molecule has 0 fully saturated rings. The second-order valence-electron chi connectivity index (χ2n) is 4.02. The Morgan fingerprint density at radius 3 is 2.95 bits per heavy atom. The molecule has 1 atom stereocenters. The summed E-state index contributed by atoms with van der Waals surface area (Å²) < 4.78 is 14.9. The molecule has 0 saturated heterocycles.